The van der Waals surface area contributed by atoms with Gasteiger partial charge < -0.3 is 13.6 Å². The third kappa shape index (κ3) is 13.8. The zero-order valence-electron chi connectivity index (χ0n) is 47.1. The molecule has 3 nitrogen and oxygen atoms in total. The van der Waals surface area contributed by atoms with E-state index >= 15 is 0 Å². The Kier molecular flexibility index (Phi) is 21.3. The summed E-state index contributed by atoms with van der Waals surface area (Å²) in [6.07, 6.45) is 17.5. The van der Waals surface area contributed by atoms with Crippen LogP contribution in [0.3, 0.4) is 0 Å². The lowest BCUT2D eigenvalue weighted by molar-refractivity contribution is -0.109. The van der Waals surface area contributed by atoms with Crippen LogP contribution in [0.4, 0.5) is 0 Å². The summed E-state index contributed by atoms with van der Waals surface area (Å²) in [5.41, 5.74) is 0. The van der Waals surface area contributed by atoms with Gasteiger partial charge in [-0.2, -0.15) is 0 Å². The van der Waals surface area contributed by atoms with Crippen LogP contribution in [0.2, 0.25) is 10.1 Å². The molecule has 4 atom stereocenters. The number of hydrogen-bond donors (Lipinski definition) is 0. The average Bonchev–Trinajstić information content (AvgIpc) is 3.49. The molecule has 2 fully saturated rings. The van der Waals surface area contributed by atoms with Gasteiger partial charge in [0.05, 0.1) is 0 Å². The van der Waals surface area contributed by atoms with E-state index in [1.165, 1.54) is 68.8 Å². The molecule has 0 heterocycles. The van der Waals surface area contributed by atoms with E-state index in [1.807, 2.05) is 0 Å². The van der Waals surface area contributed by atoms with Gasteiger partial charge >= 0.3 is 0 Å². The zero-order valence-corrected chi connectivity index (χ0v) is 50.0. The van der Waals surface area contributed by atoms with Gasteiger partial charge in [-0.25, -0.2) is 0 Å². The molecule has 9 rings (SSSR count). The standard InChI is InChI=1S/C26H36OSi.C24H32O2Si.C20H19P/c1-5-6-14-22-15-13-16-23(21-22)27-28(26(2,3)4,24-17-9-7-10-18-24)25-19-11-8-12-20-25;1-24(2,3)27(22-13-6-4-7-14-22,23-15-8-5-9-16-23)26-21-12-10-11-20(19-21)17-18-25;1-2-21(18-12-6-3-7-13-18,19-14-8-4-9-15-19)20-16-10-5-11-17-20/h5-12,17-20,22-23H,13-16,21H2,1-4H3;4-9,13-16,18,20-21H,10-12,17,19H2,1-3H3;2-17H,1H3. The molecule has 2 aliphatic rings. The Balaban J connectivity index is 0.000000168. The molecular formula is C70H87O3PSi2. The molecule has 0 amide bonds. The Bertz CT molecular complexity index is 2660. The summed E-state index contributed by atoms with van der Waals surface area (Å²) in [5, 5.41) is 9.75. The molecule has 7 aromatic carbocycles. The van der Waals surface area contributed by atoms with E-state index in [4.69, 9.17) is 8.85 Å². The molecule has 0 aromatic heterocycles. The first-order valence-electron chi connectivity index (χ1n) is 28.3. The first-order valence-corrected chi connectivity index (χ1v) is 34.0. The lowest BCUT2D eigenvalue weighted by atomic mass is 9.85. The predicted octanol–water partition coefficient (Wildman–Crippen LogP) is 14.6. The monoisotopic (exact) mass is 1060 g/mol. The van der Waals surface area contributed by atoms with Crippen LogP contribution in [0.5, 0.6) is 0 Å². The quantitative estimate of drug-likeness (QED) is 0.0444. The van der Waals surface area contributed by atoms with Gasteiger partial charge in [0.25, 0.3) is 16.6 Å². The molecular weight excluding hydrogens is 976 g/mol. The molecule has 4 unspecified atom stereocenters. The molecule has 7 aromatic rings. The molecule has 0 radical (unpaired) electrons. The minimum absolute atomic E-state index is 0.00725. The van der Waals surface area contributed by atoms with E-state index in [2.05, 4.69) is 286 Å². The number of rotatable bonds is 15. The lowest BCUT2D eigenvalue weighted by Gasteiger charge is -2.46. The molecule has 2 saturated carbocycles. The normalized spacial score (nSPS) is 18.3. The Morgan fingerprint density at radius 2 is 0.724 bits per heavy atom. The molecule has 0 saturated heterocycles. The highest BCUT2D eigenvalue weighted by atomic mass is 31.2. The van der Waals surface area contributed by atoms with Crippen LogP contribution in [0.25, 0.3) is 0 Å². The van der Waals surface area contributed by atoms with E-state index in [0.29, 0.717) is 18.4 Å². The van der Waals surface area contributed by atoms with Crippen molar-refractivity contribution < 1.29 is 13.6 Å². The SMILES string of the molecule is CC(C)(C)[Si](OC1CCCC(CC=O)C1)(c1ccccc1)c1ccccc1.CC=CCC1CCCC(O[Si](c2ccccc2)(c2ccccc2)C(C)(C)C)C1.CC=P(c1ccccc1)(c1ccccc1)c1ccccc1. The van der Waals surface area contributed by atoms with Crippen molar-refractivity contribution in [1.82, 2.24) is 0 Å². The Morgan fingerprint density at radius 3 is 0.987 bits per heavy atom. The summed E-state index contributed by atoms with van der Waals surface area (Å²) >= 11 is 0. The maximum atomic E-state index is 11.0. The fourth-order valence-electron chi connectivity index (χ4n) is 12.4. The number of benzene rings is 7. The van der Waals surface area contributed by atoms with E-state index in [9.17, 15) is 4.79 Å². The molecule has 0 N–H and O–H groups in total. The number of allylic oxidation sites excluding steroid dienone is 2. The van der Waals surface area contributed by atoms with Gasteiger partial charge in [0.2, 0.25) is 0 Å². The highest BCUT2D eigenvalue weighted by Crippen LogP contribution is 2.44. The van der Waals surface area contributed by atoms with Crippen molar-refractivity contribution in [3.63, 3.8) is 0 Å². The first kappa shape index (κ1) is 58.3. The smallest absolute Gasteiger partial charge is 0.261 e. The Hall–Kier alpha value is -5.40. The molecule has 6 heteroatoms. The van der Waals surface area contributed by atoms with Crippen LogP contribution in [0.1, 0.15) is 120 Å². The van der Waals surface area contributed by atoms with Crippen molar-refractivity contribution in [2.45, 2.75) is 142 Å². The highest BCUT2D eigenvalue weighted by molar-refractivity contribution is 7.94. The number of aldehydes is 1. The third-order valence-electron chi connectivity index (χ3n) is 16.0. The van der Waals surface area contributed by atoms with E-state index < -0.39 is 23.5 Å². The van der Waals surface area contributed by atoms with Crippen LogP contribution in [-0.4, -0.2) is 40.9 Å². The van der Waals surface area contributed by atoms with Crippen molar-refractivity contribution in [2.24, 2.45) is 11.8 Å². The zero-order chi connectivity index (χ0) is 53.9. The largest absolute Gasteiger partial charge is 0.404 e. The molecule has 0 aliphatic heterocycles. The molecule has 0 bridgehead atoms. The maximum absolute atomic E-state index is 11.0. The molecule has 2 aliphatic carbocycles. The van der Waals surface area contributed by atoms with Gasteiger partial charge in [-0.3, -0.25) is 0 Å². The summed E-state index contributed by atoms with van der Waals surface area (Å²) in [6.45, 7) is 16.8. The summed E-state index contributed by atoms with van der Waals surface area (Å²) < 4.78 is 14.6. The van der Waals surface area contributed by atoms with Gasteiger partial charge in [0.1, 0.15) is 6.29 Å². The van der Waals surface area contributed by atoms with Crippen molar-refractivity contribution in [2.75, 3.05) is 0 Å². The molecule has 398 valence electrons. The van der Waals surface area contributed by atoms with Crippen LogP contribution >= 0.6 is 6.89 Å². The van der Waals surface area contributed by atoms with Gasteiger partial charge in [-0.1, -0.05) is 285 Å². The van der Waals surface area contributed by atoms with E-state index in [-0.39, 0.29) is 16.2 Å². The van der Waals surface area contributed by atoms with Crippen molar-refractivity contribution >= 4 is 72.3 Å². The summed E-state index contributed by atoms with van der Waals surface area (Å²) in [7, 11) is -4.89. The van der Waals surface area contributed by atoms with Crippen molar-refractivity contribution in [3.05, 3.63) is 224 Å². The van der Waals surface area contributed by atoms with Gasteiger partial charge in [-0.05, 0) is 124 Å². The minimum Gasteiger partial charge on any atom is -0.404 e. The Labute approximate surface area is 461 Å². The maximum Gasteiger partial charge on any atom is 0.261 e. The van der Waals surface area contributed by atoms with Gasteiger partial charge in [-0.15, -0.1) is 0 Å². The van der Waals surface area contributed by atoms with Gasteiger partial charge in [0, 0.05) is 18.6 Å². The Morgan fingerprint density at radius 1 is 0.434 bits per heavy atom. The summed E-state index contributed by atoms with van der Waals surface area (Å²) in [5.74, 6) is 3.64. The fraction of sp³-hybridized carbons (Fsp3) is 0.343. The van der Waals surface area contributed by atoms with Crippen LogP contribution in [-0.2, 0) is 13.6 Å². The fourth-order valence-corrected chi connectivity index (χ4v) is 25.5. The predicted molar refractivity (Wildman–Crippen MR) is 336 cm³/mol. The highest BCUT2D eigenvalue weighted by Gasteiger charge is 2.53. The molecule has 76 heavy (non-hydrogen) atoms. The summed E-state index contributed by atoms with van der Waals surface area (Å²) in [4.78, 5) is 11.0. The second-order valence-electron chi connectivity index (χ2n) is 23.1. The number of carbonyl (C=O) groups excluding carboxylic acids is 1. The van der Waals surface area contributed by atoms with Crippen molar-refractivity contribution in [1.29, 1.82) is 0 Å². The first-order chi connectivity index (χ1) is 36.8. The lowest BCUT2D eigenvalue weighted by Crippen LogP contribution is -2.67. The van der Waals surface area contributed by atoms with Gasteiger partial charge in [0.15, 0.2) is 0 Å². The van der Waals surface area contributed by atoms with E-state index in [0.717, 1.165) is 37.9 Å². The topological polar surface area (TPSA) is 35.5 Å². The summed E-state index contributed by atoms with van der Waals surface area (Å²) in [6, 6.07) is 76.4. The number of carbonyl (C=O) groups is 1. The van der Waals surface area contributed by atoms with Crippen LogP contribution in [0, 0.1) is 11.8 Å². The number of hydrogen-bond acceptors (Lipinski definition) is 3. The van der Waals surface area contributed by atoms with E-state index in [1.54, 1.807) is 0 Å². The second kappa shape index (κ2) is 27.8. The van der Waals surface area contributed by atoms with Crippen LogP contribution < -0.4 is 36.7 Å². The molecule has 0 spiro atoms. The second-order valence-corrected chi connectivity index (χ2v) is 35.1. The third-order valence-corrected chi connectivity index (χ3v) is 30.3. The van der Waals surface area contributed by atoms with Crippen molar-refractivity contribution in [3.8, 4) is 0 Å². The average molecular weight is 1060 g/mol. The minimum atomic E-state index is -2.48. The van der Waals surface area contributed by atoms with Crippen LogP contribution in [0.15, 0.2) is 224 Å².